The van der Waals surface area contributed by atoms with E-state index in [4.69, 9.17) is 4.74 Å². The van der Waals surface area contributed by atoms with Gasteiger partial charge in [-0.1, -0.05) is 36.1 Å². The fraction of sp³-hybridized carbons (Fsp3) is 0.231. The van der Waals surface area contributed by atoms with E-state index in [0.29, 0.717) is 5.56 Å². The van der Waals surface area contributed by atoms with Crippen LogP contribution < -0.4 is 0 Å². The van der Waals surface area contributed by atoms with E-state index >= 15 is 0 Å². The second-order valence-electron chi connectivity index (χ2n) is 7.47. The highest BCUT2D eigenvalue weighted by Gasteiger charge is 2.13. The molecular formula is C26H23FN2O3. The van der Waals surface area contributed by atoms with Gasteiger partial charge in [-0.3, -0.25) is 4.90 Å². The van der Waals surface area contributed by atoms with Crippen molar-refractivity contribution in [3.63, 3.8) is 0 Å². The number of methoxy groups -OCH3 is 1. The molecule has 0 radical (unpaired) electrons. The molecule has 3 aromatic rings. The first-order valence-corrected chi connectivity index (χ1v) is 10.4. The van der Waals surface area contributed by atoms with Crippen molar-refractivity contribution in [1.82, 2.24) is 9.88 Å². The first kappa shape index (κ1) is 21.7. The number of hydrogen-bond donors (Lipinski definition) is 0. The third kappa shape index (κ3) is 5.38. The minimum atomic E-state index is -0.645. The maximum absolute atomic E-state index is 14.2. The van der Waals surface area contributed by atoms with Crippen LogP contribution in [0.2, 0.25) is 0 Å². The van der Waals surface area contributed by atoms with E-state index in [1.54, 1.807) is 12.1 Å². The van der Waals surface area contributed by atoms with E-state index in [1.165, 1.54) is 18.7 Å². The summed E-state index contributed by atoms with van der Waals surface area (Å²) in [6, 6.07) is 16.9. The number of morpholine rings is 1. The second-order valence-corrected chi connectivity index (χ2v) is 7.47. The number of benzene rings is 2. The van der Waals surface area contributed by atoms with E-state index in [-0.39, 0.29) is 11.1 Å². The monoisotopic (exact) mass is 430 g/mol. The Labute approximate surface area is 186 Å². The molecule has 0 unspecified atom stereocenters. The molecule has 1 fully saturated rings. The number of rotatable bonds is 4. The zero-order valence-electron chi connectivity index (χ0n) is 17.8. The van der Waals surface area contributed by atoms with Gasteiger partial charge in [0.1, 0.15) is 0 Å². The molecule has 162 valence electrons. The lowest BCUT2D eigenvalue weighted by Gasteiger charge is -2.26. The van der Waals surface area contributed by atoms with Crippen molar-refractivity contribution in [1.29, 1.82) is 0 Å². The number of pyridine rings is 1. The summed E-state index contributed by atoms with van der Waals surface area (Å²) < 4.78 is 24.2. The SMILES string of the molecule is COC(=O)c1cnc(F)c(-c2ccc(C#Cc3ccc(CN4CCOCC4)cc3)cc2)c1. The maximum atomic E-state index is 14.2. The van der Waals surface area contributed by atoms with E-state index < -0.39 is 11.9 Å². The molecule has 1 aliphatic rings. The van der Waals surface area contributed by atoms with Gasteiger partial charge in [0.15, 0.2) is 0 Å². The molecule has 2 aromatic carbocycles. The minimum Gasteiger partial charge on any atom is -0.465 e. The molecule has 1 aliphatic heterocycles. The summed E-state index contributed by atoms with van der Waals surface area (Å²) >= 11 is 0. The molecule has 4 rings (SSSR count). The number of ether oxygens (including phenoxy) is 2. The van der Waals surface area contributed by atoms with Crippen molar-refractivity contribution in [2.24, 2.45) is 0 Å². The predicted octanol–water partition coefficient (Wildman–Crippen LogP) is 3.91. The van der Waals surface area contributed by atoms with Crippen LogP contribution >= 0.6 is 0 Å². The van der Waals surface area contributed by atoms with Crippen molar-refractivity contribution in [2.45, 2.75) is 6.54 Å². The van der Waals surface area contributed by atoms with Crippen molar-refractivity contribution in [3.8, 4) is 23.0 Å². The van der Waals surface area contributed by atoms with Gasteiger partial charge in [0.05, 0.1) is 25.9 Å². The van der Waals surface area contributed by atoms with Crippen LogP contribution in [-0.2, 0) is 16.0 Å². The molecule has 1 saturated heterocycles. The van der Waals surface area contributed by atoms with Gasteiger partial charge in [0, 0.05) is 42.5 Å². The summed E-state index contributed by atoms with van der Waals surface area (Å²) in [4.78, 5) is 17.7. The Morgan fingerprint density at radius 3 is 2.31 bits per heavy atom. The fourth-order valence-corrected chi connectivity index (χ4v) is 3.47. The average Bonchev–Trinajstić information content (AvgIpc) is 2.84. The van der Waals surface area contributed by atoms with Gasteiger partial charge < -0.3 is 9.47 Å². The van der Waals surface area contributed by atoms with Crippen molar-refractivity contribution in [2.75, 3.05) is 33.4 Å². The summed E-state index contributed by atoms with van der Waals surface area (Å²) in [5.74, 6) is 5.09. The topological polar surface area (TPSA) is 51.7 Å². The van der Waals surface area contributed by atoms with Crippen molar-refractivity contribution >= 4 is 5.97 Å². The van der Waals surface area contributed by atoms with Gasteiger partial charge in [0.2, 0.25) is 5.95 Å². The molecule has 6 heteroatoms. The lowest BCUT2D eigenvalue weighted by Crippen LogP contribution is -2.35. The van der Waals surface area contributed by atoms with Gasteiger partial charge in [-0.05, 0) is 41.5 Å². The fourth-order valence-electron chi connectivity index (χ4n) is 3.47. The van der Waals surface area contributed by atoms with E-state index in [1.807, 2.05) is 24.3 Å². The number of carbonyl (C=O) groups is 1. The van der Waals surface area contributed by atoms with Crippen LogP contribution in [0.1, 0.15) is 27.0 Å². The minimum absolute atomic E-state index is 0.199. The van der Waals surface area contributed by atoms with E-state index in [9.17, 15) is 9.18 Å². The summed E-state index contributed by atoms with van der Waals surface area (Å²) in [6.45, 7) is 4.43. The molecule has 5 nitrogen and oxygen atoms in total. The molecular weight excluding hydrogens is 407 g/mol. The lowest BCUT2D eigenvalue weighted by atomic mass is 10.0. The standard InChI is InChI=1S/C26H23FN2O3/c1-31-26(30)23-16-24(25(27)28-17-23)22-10-8-20(9-11-22)3-2-19-4-6-21(7-5-19)18-29-12-14-32-15-13-29/h4-11,16-17H,12-15,18H2,1H3. The molecule has 0 saturated carbocycles. The molecule has 0 atom stereocenters. The van der Waals surface area contributed by atoms with Gasteiger partial charge in [-0.25, -0.2) is 9.78 Å². The molecule has 0 bridgehead atoms. The summed E-state index contributed by atoms with van der Waals surface area (Å²) in [7, 11) is 1.27. The van der Waals surface area contributed by atoms with Gasteiger partial charge in [-0.2, -0.15) is 4.39 Å². The number of carbonyl (C=O) groups excluding carboxylic acids is 1. The Balaban J connectivity index is 1.44. The summed E-state index contributed by atoms with van der Waals surface area (Å²) in [6.07, 6.45) is 1.16. The normalized spacial score (nSPS) is 13.8. The Hall–Kier alpha value is -3.53. The van der Waals surface area contributed by atoms with Gasteiger partial charge >= 0.3 is 5.97 Å². The highest BCUT2D eigenvalue weighted by molar-refractivity contribution is 5.90. The van der Waals surface area contributed by atoms with Crippen LogP contribution in [0.3, 0.4) is 0 Å². The molecule has 2 heterocycles. The molecule has 0 N–H and O–H groups in total. The largest absolute Gasteiger partial charge is 0.465 e. The average molecular weight is 430 g/mol. The summed E-state index contributed by atoms with van der Waals surface area (Å²) in [5.41, 5.74) is 4.04. The number of halogens is 1. The molecule has 32 heavy (non-hydrogen) atoms. The first-order chi connectivity index (χ1) is 15.6. The van der Waals surface area contributed by atoms with Crippen molar-refractivity contribution < 1.29 is 18.7 Å². The highest BCUT2D eigenvalue weighted by Crippen LogP contribution is 2.23. The Morgan fingerprint density at radius 1 is 1.06 bits per heavy atom. The Bertz CT molecular complexity index is 1140. The van der Waals surface area contributed by atoms with Crippen LogP contribution in [-0.4, -0.2) is 49.3 Å². The first-order valence-electron chi connectivity index (χ1n) is 10.4. The molecule has 0 amide bonds. The lowest BCUT2D eigenvalue weighted by molar-refractivity contribution is 0.0342. The molecule has 0 spiro atoms. The number of hydrogen-bond acceptors (Lipinski definition) is 5. The van der Waals surface area contributed by atoms with Crippen LogP contribution in [0, 0.1) is 17.8 Å². The zero-order valence-corrected chi connectivity index (χ0v) is 17.8. The molecule has 0 aliphatic carbocycles. The molecule has 1 aromatic heterocycles. The van der Waals surface area contributed by atoms with Gasteiger partial charge in [-0.15, -0.1) is 0 Å². The number of nitrogens with zero attached hydrogens (tertiary/aromatic N) is 2. The number of aromatic nitrogens is 1. The summed E-state index contributed by atoms with van der Waals surface area (Å²) in [5, 5.41) is 0. The quantitative estimate of drug-likeness (QED) is 0.357. The van der Waals surface area contributed by atoms with E-state index in [0.717, 1.165) is 50.2 Å². The van der Waals surface area contributed by atoms with Crippen LogP contribution in [0.5, 0.6) is 0 Å². The van der Waals surface area contributed by atoms with Gasteiger partial charge in [0.25, 0.3) is 0 Å². The smallest absolute Gasteiger partial charge is 0.339 e. The maximum Gasteiger partial charge on any atom is 0.339 e. The van der Waals surface area contributed by atoms with Crippen LogP contribution in [0.15, 0.2) is 60.8 Å². The Kier molecular flexibility index (Phi) is 6.90. The third-order valence-electron chi connectivity index (χ3n) is 5.27. The third-order valence-corrected chi connectivity index (χ3v) is 5.27. The van der Waals surface area contributed by atoms with Crippen LogP contribution in [0.4, 0.5) is 4.39 Å². The second kappa shape index (κ2) is 10.2. The Morgan fingerprint density at radius 2 is 1.69 bits per heavy atom. The predicted molar refractivity (Wildman–Crippen MR) is 119 cm³/mol. The van der Waals surface area contributed by atoms with E-state index in [2.05, 4.69) is 38.6 Å². The van der Waals surface area contributed by atoms with Crippen LogP contribution in [0.25, 0.3) is 11.1 Å². The zero-order chi connectivity index (χ0) is 22.3. The highest BCUT2D eigenvalue weighted by atomic mass is 19.1. The number of esters is 1. The van der Waals surface area contributed by atoms with Crippen molar-refractivity contribution in [3.05, 3.63) is 89.0 Å².